The van der Waals surface area contributed by atoms with Crippen molar-refractivity contribution in [1.82, 2.24) is 24.5 Å². The Kier molecular flexibility index (Phi) is 4.41. The van der Waals surface area contributed by atoms with Crippen LogP contribution in [0.3, 0.4) is 0 Å². The fourth-order valence-corrected chi connectivity index (χ4v) is 3.47. The molecule has 2 amide bonds. The summed E-state index contributed by atoms with van der Waals surface area (Å²) in [4.78, 5) is 14.6. The number of para-hydroxylation sites is 2. The number of nitrogens with zero attached hydrogens (tertiary/aromatic N) is 5. The van der Waals surface area contributed by atoms with Crippen molar-refractivity contribution < 1.29 is 9.90 Å². The van der Waals surface area contributed by atoms with E-state index in [0.717, 1.165) is 28.3 Å². The van der Waals surface area contributed by atoms with Gasteiger partial charge in [0, 0.05) is 11.3 Å². The van der Waals surface area contributed by atoms with Gasteiger partial charge in [-0.15, -0.1) is 0 Å². The number of anilines is 1. The number of rotatable bonds is 4. The SMILES string of the molecule is Cc1cc(C)n(-c2ccccc2NC(=O)N2Cc3cnn(CCO)c3C2)n1. The molecule has 1 aliphatic rings. The molecule has 0 aliphatic carbocycles. The molecule has 0 spiro atoms. The van der Waals surface area contributed by atoms with Crippen molar-refractivity contribution in [3.05, 3.63) is 59.2 Å². The monoisotopic (exact) mass is 366 g/mol. The number of hydrogen-bond donors (Lipinski definition) is 2. The van der Waals surface area contributed by atoms with Gasteiger partial charge in [0.25, 0.3) is 0 Å². The molecule has 1 aromatic carbocycles. The number of carbonyl (C=O) groups excluding carboxylic acids is 1. The number of urea groups is 1. The van der Waals surface area contributed by atoms with Gasteiger partial charge in [-0.25, -0.2) is 9.48 Å². The zero-order chi connectivity index (χ0) is 19.0. The summed E-state index contributed by atoms with van der Waals surface area (Å²) in [6.07, 6.45) is 1.77. The van der Waals surface area contributed by atoms with Crippen molar-refractivity contribution in [1.29, 1.82) is 0 Å². The molecule has 4 rings (SSSR count). The van der Waals surface area contributed by atoms with Gasteiger partial charge in [0.05, 0.1) is 55.2 Å². The maximum Gasteiger partial charge on any atom is 0.322 e. The van der Waals surface area contributed by atoms with Crippen LogP contribution in [0, 0.1) is 13.8 Å². The predicted molar refractivity (Wildman–Crippen MR) is 101 cm³/mol. The van der Waals surface area contributed by atoms with E-state index in [-0.39, 0.29) is 12.6 Å². The Balaban J connectivity index is 1.54. The maximum absolute atomic E-state index is 12.8. The molecule has 0 unspecified atom stereocenters. The van der Waals surface area contributed by atoms with Gasteiger partial charge in [-0.3, -0.25) is 4.68 Å². The van der Waals surface area contributed by atoms with E-state index in [2.05, 4.69) is 15.5 Å². The van der Waals surface area contributed by atoms with Gasteiger partial charge in [0.15, 0.2) is 0 Å². The number of nitrogens with one attached hydrogen (secondary N) is 1. The molecule has 0 atom stereocenters. The van der Waals surface area contributed by atoms with E-state index in [0.29, 0.717) is 25.3 Å². The number of aromatic nitrogens is 4. The zero-order valence-corrected chi connectivity index (χ0v) is 15.4. The van der Waals surface area contributed by atoms with Gasteiger partial charge in [-0.05, 0) is 32.0 Å². The van der Waals surface area contributed by atoms with E-state index in [9.17, 15) is 4.79 Å². The van der Waals surface area contributed by atoms with Gasteiger partial charge in [-0.2, -0.15) is 10.2 Å². The Morgan fingerprint density at radius 1 is 1.26 bits per heavy atom. The number of fused-ring (bicyclic) bond motifs is 1. The molecule has 0 fully saturated rings. The van der Waals surface area contributed by atoms with E-state index < -0.39 is 0 Å². The molecule has 2 N–H and O–H groups in total. The Labute approximate surface area is 157 Å². The highest BCUT2D eigenvalue weighted by Crippen LogP contribution is 2.25. The van der Waals surface area contributed by atoms with Crippen LogP contribution in [-0.4, -0.2) is 42.2 Å². The molecule has 8 nitrogen and oxygen atoms in total. The molecule has 0 saturated heterocycles. The van der Waals surface area contributed by atoms with Crippen molar-refractivity contribution in [3.63, 3.8) is 0 Å². The fourth-order valence-electron chi connectivity index (χ4n) is 3.47. The zero-order valence-electron chi connectivity index (χ0n) is 15.4. The van der Waals surface area contributed by atoms with Crippen molar-refractivity contribution >= 4 is 11.7 Å². The van der Waals surface area contributed by atoms with E-state index in [1.54, 1.807) is 15.8 Å². The summed E-state index contributed by atoms with van der Waals surface area (Å²) in [7, 11) is 0. The first kappa shape index (κ1) is 17.3. The third kappa shape index (κ3) is 3.19. The van der Waals surface area contributed by atoms with Crippen LogP contribution < -0.4 is 5.32 Å². The molecule has 0 radical (unpaired) electrons. The van der Waals surface area contributed by atoms with Gasteiger partial charge in [0.2, 0.25) is 0 Å². The summed E-state index contributed by atoms with van der Waals surface area (Å²) in [6.45, 7) is 5.38. The molecule has 3 heterocycles. The lowest BCUT2D eigenvalue weighted by Crippen LogP contribution is -2.31. The van der Waals surface area contributed by atoms with Gasteiger partial charge >= 0.3 is 6.03 Å². The quantitative estimate of drug-likeness (QED) is 0.741. The third-order valence-corrected chi connectivity index (χ3v) is 4.72. The Bertz CT molecular complexity index is 990. The second-order valence-electron chi connectivity index (χ2n) is 6.71. The average molecular weight is 366 g/mol. The molecule has 0 bridgehead atoms. The maximum atomic E-state index is 12.8. The molecular formula is C19H22N6O2. The molecule has 27 heavy (non-hydrogen) atoms. The standard InChI is InChI=1S/C19H22N6O2/c1-13-9-14(2)25(22-13)17-6-4-3-5-16(17)21-19(27)23-11-15-10-20-24(7-8-26)18(15)12-23/h3-6,9-10,26H,7-8,11-12H2,1-2H3,(H,21,27). The smallest absolute Gasteiger partial charge is 0.322 e. The van der Waals surface area contributed by atoms with Crippen LogP contribution in [0.5, 0.6) is 0 Å². The summed E-state index contributed by atoms with van der Waals surface area (Å²) < 4.78 is 3.59. The molecule has 140 valence electrons. The molecule has 8 heteroatoms. The highest BCUT2D eigenvalue weighted by molar-refractivity contribution is 5.91. The normalized spacial score (nSPS) is 13.1. The number of carbonyl (C=O) groups is 1. The summed E-state index contributed by atoms with van der Waals surface area (Å²) in [6, 6.07) is 9.46. The van der Waals surface area contributed by atoms with E-state index in [1.807, 2.05) is 48.9 Å². The molecule has 1 aliphatic heterocycles. The van der Waals surface area contributed by atoms with Crippen molar-refractivity contribution in [2.75, 3.05) is 11.9 Å². The fraction of sp³-hybridized carbons (Fsp3) is 0.316. The second kappa shape index (κ2) is 6.88. The Morgan fingerprint density at radius 3 is 2.81 bits per heavy atom. The van der Waals surface area contributed by atoms with Crippen LogP contribution in [0.1, 0.15) is 22.6 Å². The molecule has 2 aromatic heterocycles. The summed E-state index contributed by atoms with van der Waals surface area (Å²) in [5, 5.41) is 20.9. The van der Waals surface area contributed by atoms with Crippen LogP contribution in [0.25, 0.3) is 5.69 Å². The van der Waals surface area contributed by atoms with Crippen LogP contribution in [0.15, 0.2) is 36.5 Å². The lowest BCUT2D eigenvalue weighted by molar-refractivity contribution is 0.210. The van der Waals surface area contributed by atoms with Gasteiger partial charge in [-0.1, -0.05) is 12.1 Å². The van der Waals surface area contributed by atoms with E-state index >= 15 is 0 Å². The van der Waals surface area contributed by atoms with Gasteiger partial charge < -0.3 is 15.3 Å². The first-order chi connectivity index (χ1) is 13.1. The molecule has 3 aromatic rings. The lowest BCUT2D eigenvalue weighted by Gasteiger charge is -2.19. The third-order valence-electron chi connectivity index (χ3n) is 4.72. The summed E-state index contributed by atoms with van der Waals surface area (Å²) >= 11 is 0. The first-order valence-corrected chi connectivity index (χ1v) is 8.90. The Morgan fingerprint density at radius 2 is 2.07 bits per heavy atom. The first-order valence-electron chi connectivity index (χ1n) is 8.90. The highest BCUT2D eigenvalue weighted by atomic mass is 16.3. The van der Waals surface area contributed by atoms with Crippen LogP contribution in [0.4, 0.5) is 10.5 Å². The van der Waals surface area contributed by atoms with Crippen molar-refractivity contribution in [3.8, 4) is 5.69 Å². The lowest BCUT2D eigenvalue weighted by atomic mass is 10.2. The van der Waals surface area contributed by atoms with Crippen molar-refractivity contribution in [2.24, 2.45) is 0 Å². The predicted octanol–water partition coefficient (Wildman–Crippen LogP) is 2.23. The minimum Gasteiger partial charge on any atom is -0.394 e. The topological polar surface area (TPSA) is 88.2 Å². The minimum absolute atomic E-state index is 0.0241. The van der Waals surface area contributed by atoms with Crippen LogP contribution in [-0.2, 0) is 19.6 Å². The number of amides is 2. The number of aliphatic hydroxyl groups is 1. The number of hydrogen-bond acceptors (Lipinski definition) is 4. The Hall–Kier alpha value is -3.13. The number of benzene rings is 1. The van der Waals surface area contributed by atoms with Gasteiger partial charge in [0.1, 0.15) is 0 Å². The summed E-state index contributed by atoms with van der Waals surface area (Å²) in [5.41, 5.74) is 5.47. The average Bonchev–Trinajstić information content (AvgIpc) is 3.31. The number of aryl methyl sites for hydroxylation is 2. The molecule has 0 saturated carbocycles. The highest BCUT2D eigenvalue weighted by Gasteiger charge is 2.27. The second-order valence-corrected chi connectivity index (χ2v) is 6.71. The number of aliphatic hydroxyl groups excluding tert-OH is 1. The minimum atomic E-state index is -0.171. The van der Waals surface area contributed by atoms with Crippen LogP contribution in [0.2, 0.25) is 0 Å². The van der Waals surface area contributed by atoms with Crippen molar-refractivity contribution in [2.45, 2.75) is 33.5 Å². The summed E-state index contributed by atoms with van der Waals surface area (Å²) in [5.74, 6) is 0. The largest absolute Gasteiger partial charge is 0.394 e. The van der Waals surface area contributed by atoms with Crippen LogP contribution >= 0.6 is 0 Å². The van der Waals surface area contributed by atoms with E-state index in [1.165, 1.54) is 0 Å². The molecular weight excluding hydrogens is 344 g/mol. The van der Waals surface area contributed by atoms with E-state index in [4.69, 9.17) is 5.11 Å².